The molecule has 152 valence electrons. The quantitative estimate of drug-likeness (QED) is 0.553. The van der Waals surface area contributed by atoms with Crippen molar-refractivity contribution in [3.8, 4) is 0 Å². The summed E-state index contributed by atoms with van der Waals surface area (Å²) in [6.45, 7) is 4.34. The van der Waals surface area contributed by atoms with Gasteiger partial charge in [-0.1, -0.05) is 12.1 Å². The second-order valence-electron chi connectivity index (χ2n) is 7.12. The number of anilines is 2. The summed E-state index contributed by atoms with van der Waals surface area (Å²) in [6.07, 6.45) is 2.06. The molecule has 3 amide bonds. The second kappa shape index (κ2) is 9.23. The Balaban J connectivity index is 1.58. The van der Waals surface area contributed by atoms with E-state index in [1.807, 2.05) is 19.9 Å². The molecular weight excluding hydrogens is 368 g/mol. The first-order valence-corrected chi connectivity index (χ1v) is 9.79. The van der Waals surface area contributed by atoms with Crippen LogP contribution in [0.4, 0.5) is 11.4 Å². The van der Waals surface area contributed by atoms with Gasteiger partial charge in [-0.15, -0.1) is 0 Å². The zero-order chi connectivity index (χ0) is 20.8. The van der Waals surface area contributed by atoms with Crippen LogP contribution in [0.1, 0.15) is 46.0 Å². The van der Waals surface area contributed by atoms with E-state index in [9.17, 15) is 14.4 Å². The molecule has 2 aromatic rings. The Morgan fingerprint density at radius 2 is 1.76 bits per heavy atom. The molecule has 1 fully saturated rings. The standard InChI is InChI=1S/C22H26N4O3/c1-3-23-21(28)15-5-4-6-18(11-15)25-20(27)13-24-19-12-16(8-7-14(19)2)22(29)26-17-9-10-17/h4-8,11-12,17,24H,3,9-10,13H2,1-2H3,(H,23,28)(H,25,27)(H,26,29). The van der Waals surface area contributed by atoms with Crippen LogP contribution in [0.2, 0.25) is 0 Å². The monoisotopic (exact) mass is 394 g/mol. The Kier molecular flexibility index (Phi) is 6.49. The zero-order valence-corrected chi connectivity index (χ0v) is 16.7. The molecule has 0 bridgehead atoms. The van der Waals surface area contributed by atoms with Gasteiger partial charge in [-0.3, -0.25) is 14.4 Å². The first-order valence-electron chi connectivity index (χ1n) is 9.79. The Labute approximate surface area is 170 Å². The van der Waals surface area contributed by atoms with E-state index >= 15 is 0 Å². The summed E-state index contributed by atoms with van der Waals surface area (Å²) >= 11 is 0. The molecule has 0 aromatic heterocycles. The molecule has 7 nitrogen and oxygen atoms in total. The van der Waals surface area contributed by atoms with E-state index in [2.05, 4.69) is 21.3 Å². The number of benzene rings is 2. The van der Waals surface area contributed by atoms with Crippen LogP contribution in [-0.4, -0.2) is 36.9 Å². The summed E-state index contributed by atoms with van der Waals surface area (Å²) in [5.74, 6) is -0.522. The van der Waals surface area contributed by atoms with Crippen LogP contribution in [0, 0.1) is 6.92 Å². The number of nitrogens with one attached hydrogen (secondary N) is 4. The van der Waals surface area contributed by atoms with E-state index in [4.69, 9.17) is 0 Å². The molecule has 29 heavy (non-hydrogen) atoms. The van der Waals surface area contributed by atoms with Crippen LogP contribution in [0.25, 0.3) is 0 Å². The summed E-state index contributed by atoms with van der Waals surface area (Å²) in [7, 11) is 0. The van der Waals surface area contributed by atoms with Crippen LogP contribution in [-0.2, 0) is 4.79 Å². The number of hydrogen-bond donors (Lipinski definition) is 4. The minimum atomic E-state index is -0.245. The fraction of sp³-hybridized carbons (Fsp3) is 0.318. The molecule has 0 radical (unpaired) electrons. The summed E-state index contributed by atoms with van der Waals surface area (Å²) in [5, 5.41) is 11.6. The van der Waals surface area contributed by atoms with Crippen LogP contribution in [0.15, 0.2) is 42.5 Å². The fourth-order valence-corrected chi connectivity index (χ4v) is 2.83. The molecule has 0 atom stereocenters. The Morgan fingerprint density at radius 1 is 1.00 bits per heavy atom. The van der Waals surface area contributed by atoms with E-state index in [0.717, 1.165) is 24.1 Å². The van der Waals surface area contributed by atoms with Crippen molar-refractivity contribution in [2.75, 3.05) is 23.7 Å². The topological polar surface area (TPSA) is 99.3 Å². The third-order valence-electron chi connectivity index (χ3n) is 4.60. The van der Waals surface area contributed by atoms with E-state index < -0.39 is 0 Å². The van der Waals surface area contributed by atoms with Crippen molar-refractivity contribution in [1.82, 2.24) is 10.6 Å². The molecule has 4 N–H and O–H groups in total. The van der Waals surface area contributed by atoms with Gasteiger partial charge in [0.1, 0.15) is 0 Å². The highest BCUT2D eigenvalue weighted by Crippen LogP contribution is 2.21. The average molecular weight is 394 g/mol. The minimum Gasteiger partial charge on any atom is -0.376 e. The van der Waals surface area contributed by atoms with Gasteiger partial charge in [0.2, 0.25) is 5.91 Å². The summed E-state index contributed by atoms with van der Waals surface area (Å²) in [5.41, 5.74) is 3.29. The van der Waals surface area contributed by atoms with Crippen molar-refractivity contribution < 1.29 is 14.4 Å². The highest BCUT2D eigenvalue weighted by atomic mass is 16.2. The first-order chi connectivity index (χ1) is 14.0. The number of hydrogen-bond acceptors (Lipinski definition) is 4. The van der Waals surface area contributed by atoms with Gasteiger partial charge >= 0.3 is 0 Å². The maximum absolute atomic E-state index is 12.3. The molecule has 0 spiro atoms. The molecule has 0 heterocycles. The van der Waals surface area contributed by atoms with Crippen LogP contribution in [0.5, 0.6) is 0 Å². The predicted molar refractivity (Wildman–Crippen MR) is 113 cm³/mol. The fourth-order valence-electron chi connectivity index (χ4n) is 2.83. The van der Waals surface area contributed by atoms with Gasteiger partial charge in [-0.2, -0.15) is 0 Å². The van der Waals surface area contributed by atoms with E-state index in [1.54, 1.807) is 36.4 Å². The maximum Gasteiger partial charge on any atom is 0.251 e. The van der Waals surface area contributed by atoms with Crippen molar-refractivity contribution in [2.24, 2.45) is 0 Å². The first kappa shape index (κ1) is 20.4. The zero-order valence-electron chi connectivity index (χ0n) is 16.7. The Morgan fingerprint density at radius 3 is 2.48 bits per heavy atom. The van der Waals surface area contributed by atoms with Gasteiger partial charge in [0.05, 0.1) is 6.54 Å². The molecule has 2 aromatic carbocycles. The lowest BCUT2D eigenvalue weighted by Gasteiger charge is -2.12. The van der Waals surface area contributed by atoms with Crippen molar-refractivity contribution in [3.63, 3.8) is 0 Å². The van der Waals surface area contributed by atoms with Crippen molar-refractivity contribution in [2.45, 2.75) is 32.7 Å². The van der Waals surface area contributed by atoms with Crippen molar-refractivity contribution >= 4 is 29.1 Å². The van der Waals surface area contributed by atoms with Gasteiger partial charge in [0.15, 0.2) is 0 Å². The SMILES string of the molecule is CCNC(=O)c1cccc(NC(=O)CNc2cc(C(=O)NC3CC3)ccc2C)c1. The van der Waals surface area contributed by atoms with Crippen LogP contribution < -0.4 is 21.3 Å². The molecule has 1 aliphatic carbocycles. The minimum absolute atomic E-state index is 0.0416. The van der Waals surface area contributed by atoms with Crippen LogP contribution in [0.3, 0.4) is 0 Å². The third kappa shape index (κ3) is 5.81. The third-order valence-corrected chi connectivity index (χ3v) is 4.60. The largest absolute Gasteiger partial charge is 0.376 e. The number of carbonyl (C=O) groups excluding carboxylic acids is 3. The molecule has 1 saturated carbocycles. The Hall–Kier alpha value is -3.35. The molecule has 7 heteroatoms. The van der Waals surface area contributed by atoms with Crippen molar-refractivity contribution in [3.05, 3.63) is 59.2 Å². The lowest BCUT2D eigenvalue weighted by molar-refractivity contribution is -0.114. The summed E-state index contributed by atoms with van der Waals surface area (Å²) in [6, 6.07) is 12.5. The normalized spacial score (nSPS) is 12.8. The van der Waals surface area contributed by atoms with Crippen LogP contribution >= 0.6 is 0 Å². The maximum atomic E-state index is 12.3. The van der Waals surface area contributed by atoms with Crippen molar-refractivity contribution in [1.29, 1.82) is 0 Å². The number of amides is 3. The average Bonchev–Trinajstić information content (AvgIpc) is 3.51. The summed E-state index contributed by atoms with van der Waals surface area (Å²) in [4.78, 5) is 36.5. The van der Waals surface area contributed by atoms with E-state index in [0.29, 0.717) is 29.4 Å². The predicted octanol–water partition coefficient (Wildman–Crippen LogP) is 2.69. The summed E-state index contributed by atoms with van der Waals surface area (Å²) < 4.78 is 0. The Bertz CT molecular complexity index is 922. The van der Waals surface area contributed by atoms with E-state index in [-0.39, 0.29) is 24.3 Å². The van der Waals surface area contributed by atoms with Gasteiger partial charge < -0.3 is 21.3 Å². The molecular formula is C22H26N4O3. The van der Waals surface area contributed by atoms with Gasteiger partial charge in [0, 0.05) is 35.1 Å². The number of carbonyl (C=O) groups is 3. The molecule has 3 rings (SSSR count). The van der Waals surface area contributed by atoms with Gasteiger partial charge in [-0.05, 0) is 62.6 Å². The molecule has 0 aliphatic heterocycles. The highest BCUT2D eigenvalue weighted by Gasteiger charge is 2.24. The van der Waals surface area contributed by atoms with E-state index in [1.165, 1.54) is 0 Å². The van der Waals surface area contributed by atoms with Gasteiger partial charge in [-0.25, -0.2) is 0 Å². The molecule has 1 aliphatic rings. The highest BCUT2D eigenvalue weighted by molar-refractivity contribution is 5.98. The molecule has 0 unspecified atom stereocenters. The van der Waals surface area contributed by atoms with Gasteiger partial charge in [0.25, 0.3) is 11.8 Å². The smallest absolute Gasteiger partial charge is 0.251 e. The number of aryl methyl sites for hydroxylation is 1. The lowest BCUT2D eigenvalue weighted by atomic mass is 10.1. The number of rotatable bonds is 8. The lowest BCUT2D eigenvalue weighted by Crippen LogP contribution is -2.26. The second-order valence-corrected chi connectivity index (χ2v) is 7.12. The molecule has 0 saturated heterocycles.